The molecule has 0 N–H and O–H groups in total. The Balaban J connectivity index is 2.42. The maximum atomic E-state index is 11.8. The number of esters is 1. The Labute approximate surface area is 95.9 Å². The van der Waals surface area contributed by atoms with E-state index < -0.39 is 0 Å². The van der Waals surface area contributed by atoms with Gasteiger partial charge in [-0.05, 0) is 24.1 Å². The fourth-order valence-electron chi connectivity index (χ4n) is 2.20. The number of fused-ring (bicyclic) bond motifs is 1. The summed E-state index contributed by atoms with van der Waals surface area (Å²) < 4.78 is 5.09. The summed E-state index contributed by atoms with van der Waals surface area (Å²) in [5, 5.41) is 0. The molecule has 2 heteroatoms. The van der Waals surface area contributed by atoms with E-state index in [1.54, 1.807) is 0 Å². The lowest BCUT2D eigenvalue weighted by Crippen LogP contribution is -2.24. The lowest BCUT2D eigenvalue weighted by molar-refractivity contribution is -0.139. The quantitative estimate of drug-likeness (QED) is 0.710. The first-order chi connectivity index (χ1) is 7.57. The molecule has 0 aromatic heterocycles. The second kappa shape index (κ2) is 3.78. The molecule has 0 saturated heterocycles. The average Bonchev–Trinajstić information content (AvgIpc) is 2.52. The summed E-state index contributed by atoms with van der Waals surface area (Å²) in [5.74, 6) is -0.205. The normalized spacial score (nSPS) is 16.6. The number of hydrogen-bond acceptors (Lipinski definition) is 2. The van der Waals surface area contributed by atoms with Gasteiger partial charge in [-0.25, -0.2) is 4.79 Å². The van der Waals surface area contributed by atoms with E-state index in [1.807, 2.05) is 31.2 Å². The Bertz CT molecular complexity index is 456. The van der Waals surface area contributed by atoms with E-state index in [9.17, 15) is 4.79 Å². The second-order valence-electron chi connectivity index (χ2n) is 4.49. The molecule has 0 atom stereocenters. The number of carbonyl (C=O) groups is 1. The van der Waals surface area contributed by atoms with E-state index in [0.717, 1.165) is 11.1 Å². The fourth-order valence-corrected chi connectivity index (χ4v) is 2.20. The third kappa shape index (κ3) is 1.54. The van der Waals surface area contributed by atoms with Crippen molar-refractivity contribution in [3.63, 3.8) is 0 Å². The highest BCUT2D eigenvalue weighted by molar-refractivity contribution is 5.99. The SMILES string of the molecule is CCOC(=O)C1=Cc2ccccc2C1(C)C. The van der Waals surface area contributed by atoms with Gasteiger partial charge in [0.2, 0.25) is 0 Å². The zero-order chi connectivity index (χ0) is 11.8. The average molecular weight is 216 g/mol. The van der Waals surface area contributed by atoms with Crippen LogP contribution in [-0.2, 0) is 14.9 Å². The van der Waals surface area contributed by atoms with Crippen LogP contribution in [0.5, 0.6) is 0 Å². The highest BCUT2D eigenvalue weighted by atomic mass is 16.5. The molecule has 1 aliphatic rings. The number of benzene rings is 1. The Morgan fingerprint density at radius 3 is 2.62 bits per heavy atom. The lowest BCUT2D eigenvalue weighted by Gasteiger charge is -2.23. The van der Waals surface area contributed by atoms with Crippen molar-refractivity contribution in [2.45, 2.75) is 26.2 Å². The summed E-state index contributed by atoms with van der Waals surface area (Å²) in [6, 6.07) is 8.09. The van der Waals surface area contributed by atoms with Crippen LogP contribution in [0.2, 0.25) is 0 Å². The van der Waals surface area contributed by atoms with E-state index in [4.69, 9.17) is 4.74 Å². The first kappa shape index (κ1) is 10.9. The molecule has 0 aliphatic heterocycles. The van der Waals surface area contributed by atoms with Gasteiger partial charge in [-0.3, -0.25) is 0 Å². The smallest absolute Gasteiger partial charge is 0.334 e. The first-order valence-corrected chi connectivity index (χ1v) is 5.56. The molecular weight excluding hydrogens is 200 g/mol. The van der Waals surface area contributed by atoms with Gasteiger partial charge in [0.15, 0.2) is 0 Å². The van der Waals surface area contributed by atoms with Crippen molar-refractivity contribution in [1.82, 2.24) is 0 Å². The fraction of sp³-hybridized carbons (Fsp3) is 0.357. The van der Waals surface area contributed by atoms with Gasteiger partial charge in [-0.15, -0.1) is 0 Å². The molecule has 0 bridgehead atoms. The van der Waals surface area contributed by atoms with E-state index in [2.05, 4.69) is 19.9 Å². The highest BCUT2D eigenvalue weighted by Gasteiger charge is 2.37. The summed E-state index contributed by atoms with van der Waals surface area (Å²) in [6.07, 6.45) is 1.94. The largest absolute Gasteiger partial charge is 0.463 e. The topological polar surface area (TPSA) is 26.3 Å². The van der Waals surface area contributed by atoms with Gasteiger partial charge < -0.3 is 4.74 Å². The molecule has 0 spiro atoms. The van der Waals surface area contributed by atoms with Gasteiger partial charge >= 0.3 is 5.97 Å². The van der Waals surface area contributed by atoms with Gasteiger partial charge in [0.05, 0.1) is 6.61 Å². The van der Waals surface area contributed by atoms with Crippen molar-refractivity contribution in [2.75, 3.05) is 6.61 Å². The molecule has 1 aliphatic carbocycles. The molecule has 2 rings (SSSR count). The molecule has 0 unspecified atom stereocenters. The van der Waals surface area contributed by atoms with E-state index in [0.29, 0.717) is 6.61 Å². The van der Waals surface area contributed by atoms with Crippen LogP contribution in [0.15, 0.2) is 29.8 Å². The van der Waals surface area contributed by atoms with Crippen molar-refractivity contribution >= 4 is 12.0 Å². The maximum absolute atomic E-state index is 11.8. The molecule has 0 amide bonds. The minimum atomic E-state index is -0.247. The van der Waals surface area contributed by atoms with Crippen LogP contribution in [0.25, 0.3) is 6.08 Å². The van der Waals surface area contributed by atoms with Gasteiger partial charge in [0.1, 0.15) is 0 Å². The van der Waals surface area contributed by atoms with Gasteiger partial charge in [-0.1, -0.05) is 38.1 Å². The predicted octanol–water partition coefficient (Wildman–Crippen LogP) is 2.92. The molecular formula is C14H16O2. The van der Waals surface area contributed by atoms with Crippen LogP contribution in [0.1, 0.15) is 31.9 Å². The summed E-state index contributed by atoms with van der Waals surface area (Å²) >= 11 is 0. The zero-order valence-electron chi connectivity index (χ0n) is 9.91. The molecule has 1 aromatic carbocycles. The third-order valence-corrected chi connectivity index (χ3v) is 3.10. The van der Waals surface area contributed by atoms with Crippen LogP contribution in [-0.4, -0.2) is 12.6 Å². The molecule has 0 fully saturated rings. The van der Waals surface area contributed by atoms with Gasteiger partial charge in [0.25, 0.3) is 0 Å². The van der Waals surface area contributed by atoms with Crippen LogP contribution in [0.3, 0.4) is 0 Å². The number of carbonyl (C=O) groups excluding carboxylic acids is 1. The molecule has 0 heterocycles. The summed E-state index contributed by atoms with van der Waals surface area (Å²) in [6.45, 7) is 6.36. The summed E-state index contributed by atoms with van der Waals surface area (Å²) in [4.78, 5) is 11.8. The van der Waals surface area contributed by atoms with Crippen molar-refractivity contribution in [3.05, 3.63) is 41.0 Å². The molecule has 2 nitrogen and oxygen atoms in total. The Hall–Kier alpha value is -1.57. The highest BCUT2D eigenvalue weighted by Crippen LogP contribution is 2.41. The number of ether oxygens (including phenoxy) is 1. The van der Waals surface area contributed by atoms with Crippen LogP contribution < -0.4 is 0 Å². The molecule has 16 heavy (non-hydrogen) atoms. The van der Waals surface area contributed by atoms with Gasteiger partial charge in [0, 0.05) is 11.0 Å². The Kier molecular flexibility index (Phi) is 2.58. The molecule has 0 saturated carbocycles. The number of rotatable bonds is 2. The van der Waals surface area contributed by atoms with Crippen LogP contribution in [0, 0.1) is 0 Å². The van der Waals surface area contributed by atoms with Crippen LogP contribution >= 0.6 is 0 Å². The van der Waals surface area contributed by atoms with Crippen molar-refractivity contribution in [2.24, 2.45) is 0 Å². The van der Waals surface area contributed by atoms with Crippen molar-refractivity contribution in [3.8, 4) is 0 Å². The Morgan fingerprint density at radius 1 is 1.31 bits per heavy atom. The van der Waals surface area contributed by atoms with E-state index in [-0.39, 0.29) is 11.4 Å². The lowest BCUT2D eigenvalue weighted by atomic mass is 9.81. The summed E-state index contributed by atoms with van der Waals surface area (Å²) in [7, 11) is 0. The van der Waals surface area contributed by atoms with Gasteiger partial charge in [-0.2, -0.15) is 0 Å². The molecule has 1 aromatic rings. The predicted molar refractivity (Wildman–Crippen MR) is 64.1 cm³/mol. The van der Waals surface area contributed by atoms with E-state index >= 15 is 0 Å². The zero-order valence-corrected chi connectivity index (χ0v) is 9.91. The van der Waals surface area contributed by atoms with E-state index in [1.165, 1.54) is 5.56 Å². The Morgan fingerprint density at radius 2 is 2.00 bits per heavy atom. The minimum Gasteiger partial charge on any atom is -0.463 e. The second-order valence-corrected chi connectivity index (χ2v) is 4.49. The van der Waals surface area contributed by atoms with Crippen molar-refractivity contribution in [1.29, 1.82) is 0 Å². The van der Waals surface area contributed by atoms with Crippen molar-refractivity contribution < 1.29 is 9.53 Å². The standard InChI is InChI=1S/C14H16O2/c1-4-16-13(15)12-9-10-7-5-6-8-11(10)14(12,2)3/h5-9H,4H2,1-3H3. The monoisotopic (exact) mass is 216 g/mol. The first-order valence-electron chi connectivity index (χ1n) is 5.56. The molecule has 84 valence electrons. The summed E-state index contributed by atoms with van der Waals surface area (Å²) in [5.41, 5.74) is 2.81. The number of hydrogen-bond donors (Lipinski definition) is 0. The third-order valence-electron chi connectivity index (χ3n) is 3.10. The molecule has 0 radical (unpaired) electrons. The van der Waals surface area contributed by atoms with Crippen LogP contribution in [0.4, 0.5) is 0 Å². The maximum Gasteiger partial charge on any atom is 0.334 e. The minimum absolute atomic E-state index is 0.205.